The van der Waals surface area contributed by atoms with E-state index >= 15 is 0 Å². The summed E-state index contributed by atoms with van der Waals surface area (Å²) in [6.45, 7) is 4.77. The van der Waals surface area contributed by atoms with Crippen LogP contribution in [0.3, 0.4) is 0 Å². The SMILES string of the molecule is O=C(NCc1ccccc1CN1CCCCC1)c1ccc(S(=O)(=O)N2CCCCC2)cc1. The highest BCUT2D eigenvalue weighted by Gasteiger charge is 2.26. The first kappa shape index (κ1) is 23.0. The van der Waals surface area contributed by atoms with Crippen LogP contribution in [-0.2, 0) is 23.1 Å². The summed E-state index contributed by atoms with van der Waals surface area (Å²) >= 11 is 0. The van der Waals surface area contributed by atoms with Crippen LogP contribution in [0.15, 0.2) is 53.4 Å². The van der Waals surface area contributed by atoms with Gasteiger partial charge in [-0.05, 0) is 74.2 Å². The molecule has 0 radical (unpaired) electrons. The molecule has 0 saturated carbocycles. The molecular weight excluding hydrogens is 422 g/mol. The summed E-state index contributed by atoms with van der Waals surface area (Å²) in [4.78, 5) is 15.4. The van der Waals surface area contributed by atoms with Crippen LogP contribution < -0.4 is 5.32 Å². The van der Waals surface area contributed by atoms with E-state index in [0.29, 0.717) is 25.2 Å². The van der Waals surface area contributed by atoms with Crippen molar-refractivity contribution in [1.82, 2.24) is 14.5 Å². The van der Waals surface area contributed by atoms with Gasteiger partial charge in [-0.2, -0.15) is 4.31 Å². The van der Waals surface area contributed by atoms with Crippen molar-refractivity contribution in [2.45, 2.75) is 56.5 Å². The third-order valence-corrected chi connectivity index (χ3v) is 8.38. The normalized spacial score (nSPS) is 18.4. The van der Waals surface area contributed by atoms with Crippen LogP contribution in [0.4, 0.5) is 0 Å². The van der Waals surface area contributed by atoms with Crippen LogP contribution in [0, 0.1) is 0 Å². The summed E-state index contributed by atoms with van der Waals surface area (Å²) in [5.41, 5.74) is 2.84. The van der Waals surface area contributed by atoms with E-state index in [4.69, 9.17) is 0 Å². The summed E-state index contributed by atoms with van der Waals surface area (Å²) < 4.78 is 27.1. The minimum Gasteiger partial charge on any atom is -0.348 e. The summed E-state index contributed by atoms with van der Waals surface area (Å²) in [5, 5.41) is 3.00. The number of hydrogen-bond acceptors (Lipinski definition) is 4. The van der Waals surface area contributed by atoms with Crippen LogP contribution in [0.5, 0.6) is 0 Å². The second kappa shape index (κ2) is 10.6. The van der Waals surface area contributed by atoms with Crippen LogP contribution >= 0.6 is 0 Å². The van der Waals surface area contributed by atoms with E-state index in [1.165, 1.54) is 24.8 Å². The Balaban J connectivity index is 1.37. The first-order valence-electron chi connectivity index (χ1n) is 11.7. The van der Waals surface area contributed by atoms with Gasteiger partial charge in [-0.3, -0.25) is 9.69 Å². The van der Waals surface area contributed by atoms with Gasteiger partial charge in [-0.25, -0.2) is 8.42 Å². The fourth-order valence-corrected chi connectivity index (χ4v) is 6.07. The highest BCUT2D eigenvalue weighted by atomic mass is 32.2. The molecule has 1 amide bonds. The zero-order valence-electron chi connectivity index (χ0n) is 18.6. The Labute approximate surface area is 191 Å². The number of sulfonamides is 1. The number of carbonyl (C=O) groups is 1. The van der Waals surface area contributed by atoms with E-state index in [1.807, 2.05) is 12.1 Å². The number of piperidine rings is 2. The topological polar surface area (TPSA) is 69.7 Å². The van der Waals surface area contributed by atoms with E-state index in [1.54, 1.807) is 28.6 Å². The maximum atomic E-state index is 12.8. The van der Waals surface area contributed by atoms with Crippen molar-refractivity contribution in [2.24, 2.45) is 0 Å². The van der Waals surface area contributed by atoms with Crippen molar-refractivity contribution in [3.8, 4) is 0 Å². The number of benzene rings is 2. The summed E-state index contributed by atoms with van der Waals surface area (Å²) in [6.07, 6.45) is 6.70. The van der Waals surface area contributed by atoms with E-state index in [9.17, 15) is 13.2 Å². The maximum absolute atomic E-state index is 12.8. The number of nitrogens with zero attached hydrogens (tertiary/aromatic N) is 2. The van der Waals surface area contributed by atoms with Crippen molar-refractivity contribution < 1.29 is 13.2 Å². The lowest BCUT2D eigenvalue weighted by Crippen LogP contribution is -2.35. The van der Waals surface area contributed by atoms with Crippen molar-refractivity contribution in [3.05, 3.63) is 65.2 Å². The van der Waals surface area contributed by atoms with Gasteiger partial charge in [0.15, 0.2) is 0 Å². The first-order valence-corrected chi connectivity index (χ1v) is 13.2. The number of hydrogen-bond donors (Lipinski definition) is 1. The van der Waals surface area contributed by atoms with Crippen LogP contribution in [-0.4, -0.2) is 49.7 Å². The van der Waals surface area contributed by atoms with E-state index < -0.39 is 10.0 Å². The van der Waals surface area contributed by atoms with E-state index in [0.717, 1.165) is 44.5 Å². The van der Waals surface area contributed by atoms with Gasteiger partial charge in [0.05, 0.1) is 4.90 Å². The van der Waals surface area contributed by atoms with Crippen LogP contribution in [0.2, 0.25) is 0 Å². The van der Waals surface area contributed by atoms with Gasteiger partial charge in [0.2, 0.25) is 10.0 Å². The monoisotopic (exact) mass is 455 g/mol. The van der Waals surface area contributed by atoms with Gasteiger partial charge in [0, 0.05) is 31.7 Å². The smallest absolute Gasteiger partial charge is 0.251 e. The van der Waals surface area contributed by atoms with Gasteiger partial charge in [0.1, 0.15) is 0 Å². The molecule has 6 nitrogen and oxygen atoms in total. The maximum Gasteiger partial charge on any atom is 0.251 e. The minimum absolute atomic E-state index is 0.195. The molecule has 0 spiro atoms. The Morgan fingerprint density at radius 3 is 2.03 bits per heavy atom. The molecule has 7 heteroatoms. The molecule has 0 bridgehead atoms. The molecule has 2 saturated heterocycles. The fraction of sp³-hybridized carbons (Fsp3) is 0.480. The lowest BCUT2D eigenvalue weighted by molar-refractivity contribution is 0.0950. The molecule has 2 fully saturated rings. The van der Waals surface area contributed by atoms with E-state index in [-0.39, 0.29) is 10.8 Å². The molecule has 0 aliphatic carbocycles. The Kier molecular flexibility index (Phi) is 7.60. The average Bonchev–Trinajstić information content (AvgIpc) is 2.84. The van der Waals surface area contributed by atoms with Gasteiger partial charge in [-0.1, -0.05) is 37.1 Å². The number of carbonyl (C=O) groups excluding carboxylic acids is 1. The average molecular weight is 456 g/mol. The molecule has 1 N–H and O–H groups in total. The number of rotatable bonds is 7. The Morgan fingerprint density at radius 2 is 1.38 bits per heavy atom. The van der Waals surface area contributed by atoms with Crippen molar-refractivity contribution in [3.63, 3.8) is 0 Å². The zero-order valence-corrected chi connectivity index (χ0v) is 19.4. The third-order valence-electron chi connectivity index (χ3n) is 6.47. The molecule has 2 aromatic rings. The number of likely N-dealkylation sites (tertiary alicyclic amines) is 1. The molecule has 2 aromatic carbocycles. The van der Waals surface area contributed by atoms with Gasteiger partial charge in [0.25, 0.3) is 5.91 Å². The lowest BCUT2D eigenvalue weighted by atomic mass is 10.0. The van der Waals surface area contributed by atoms with Crippen LogP contribution in [0.1, 0.15) is 60.0 Å². The predicted octanol–water partition coefficient (Wildman–Crippen LogP) is 3.78. The molecule has 0 unspecified atom stereocenters. The first-order chi connectivity index (χ1) is 15.5. The second-order valence-corrected chi connectivity index (χ2v) is 10.7. The summed E-state index contributed by atoms with van der Waals surface area (Å²) in [7, 11) is -3.48. The standard InChI is InChI=1S/C25H33N3O3S/c29-25(21-11-13-24(14-12-21)32(30,31)28-17-7-2-8-18-28)26-19-22-9-3-4-10-23(22)20-27-15-5-1-6-16-27/h3-4,9-14H,1-2,5-8,15-20H2,(H,26,29). The predicted molar refractivity (Wildman–Crippen MR) is 126 cm³/mol. The molecule has 0 aromatic heterocycles. The van der Waals surface area contributed by atoms with Crippen molar-refractivity contribution in [1.29, 1.82) is 0 Å². The number of nitrogens with one attached hydrogen (secondary N) is 1. The van der Waals surface area contributed by atoms with Crippen molar-refractivity contribution in [2.75, 3.05) is 26.2 Å². The largest absolute Gasteiger partial charge is 0.348 e. The Hall–Kier alpha value is -2.22. The Morgan fingerprint density at radius 1 is 0.781 bits per heavy atom. The van der Waals surface area contributed by atoms with Crippen LogP contribution in [0.25, 0.3) is 0 Å². The third kappa shape index (κ3) is 5.57. The summed E-state index contributed by atoms with van der Waals surface area (Å²) in [6, 6.07) is 14.5. The second-order valence-electron chi connectivity index (χ2n) is 8.78. The molecular formula is C25H33N3O3S. The lowest BCUT2D eigenvalue weighted by Gasteiger charge is -2.27. The molecule has 2 aliphatic heterocycles. The van der Waals surface area contributed by atoms with E-state index in [2.05, 4.69) is 22.3 Å². The van der Waals surface area contributed by atoms with Gasteiger partial charge < -0.3 is 5.32 Å². The van der Waals surface area contributed by atoms with Crippen molar-refractivity contribution >= 4 is 15.9 Å². The highest BCUT2D eigenvalue weighted by Crippen LogP contribution is 2.21. The van der Waals surface area contributed by atoms with Gasteiger partial charge >= 0.3 is 0 Å². The fourth-order valence-electron chi connectivity index (χ4n) is 4.55. The number of amides is 1. The molecule has 32 heavy (non-hydrogen) atoms. The molecule has 2 aliphatic rings. The molecule has 2 heterocycles. The molecule has 172 valence electrons. The Bertz CT molecular complexity index is 1010. The van der Waals surface area contributed by atoms with Gasteiger partial charge in [-0.15, -0.1) is 0 Å². The summed E-state index contributed by atoms with van der Waals surface area (Å²) in [5.74, 6) is -0.195. The quantitative estimate of drug-likeness (QED) is 0.690. The zero-order chi connectivity index (χ0) is 22.4. The molecule has 4 rings (SSSR count). The minimum atomic E-state index is -3.48. The molecule has 0 atom stereocenters. The highest BCUT2D eigenvalue weighted by molar-refractivity contribution is 7.89.